The van der Waals surface area contributed by atoms with Crippen LogP contribution in [0.2, 0.25) is 0 Å². The van der Waals surface area contributed by atoms with Crippen molar-refractivity contribution in [2.45, 2.75) is 13.0 Å². The van der Waals surface area contributed by atoms with Gasteiger partial charge in [0.15, 0.2) is 11.5 Å². The Hall–Kier alpha value is -2.64. The van der Waals surface area contributed by atoms with E-state index in [0.717, 1.165) is 25.6 Å². The molecule has 0 saturated heterocycles. The summed E-state index contributed by atoms with van der Waals surface area (Å²) in [4.78, 5) is 12.0. The number of amides is 1. The molecule has 3 aromatic rings. The van der Waals surface area contributed by atoms with E-state index in [4.69, 9.17) is 9.47 Å². The van der Waals surface area contributed by atoms with Crippen molar-refractivity contribution in [1.82, 2.24) is 5.43 Å². The summed E-state index contributed by atoms with van der Waals surface area (Å²) in [6.45, 7) is 0.434. The van der Waals surface area contributed by atoms with Crippen LogP contribution >= 0.6 is 31.9 Å². The van der Waals surface area contributed by atoms with Gasteiger partial charge in [0.1, 0.15) is 6.61 Å². The van der Waals surface area contributed by atoms with Crippen molar-refractivity contribution in [1.29, 1.82) is 0 Å². The second-order valence-electron chi connectivity index (χ2n) is 6.42. The van der Waals surface area contributed by atoms with E-state index in [9.17, 15) is 4.79 Å². The summed E-state index contributed by atoms with van der Waals surface area (Å²) in [7, 11) is 1.59. The maximum atomic E-state index is 12.0. The first-order valence-corrected chi connectivity index (χ1v) is 10.7. The highest BCUT2D eigenvalue weighted by Gasteiger charge is 2.06. The molecule has 3 aromatic carbocycles. The van der Waals surface area contributed by atoms with Crippen molar-refractivity contribution in [2.75, 3.05) is 7.11 Å². The standard InChI is InChI=1S/C23H20Br2N2O3/c1-29-22-12-18(6-11-21(22)30-15-17-4-9-20(25)10-5-17)14-26-27-23(28)13-16-2-7-19(24)8-3-16/h2-12,14H,13,15H2,1H3,(H,27,28)/b26-14-. The highest BCUT2D eigenvalue weighted by atomic mass is 79.9. The normalized spacial score (nSPS) is 10.8. The van der Waals surface area contributed by atoms with Crippen LogP contribution in [0.15, 0.2) is 80.8 Å². The first kappa shape index (κ1) is 22.1. The van der Waals surface area contributed by atoms with E-state index < -0.39 is 0 Å². The monoisotopic (exact) mass is 530 g/mol. The van der Waals surface area contributed by atoms with Gasteiger partial charge in [0.05, 0.1) is 19.7 Å². The Labute approximate surface area is 192 Å². The highest BCUT2D eigenvalue weighted by Crippen LogP contribution is 2.28. The first-order valence-electron chi connectivity index (χ1n) is 9.15. The molecular formula is C23H20Br2N2O3. The number of ether oxygens (including phenoxy) is 2. The second kappa shape index (κ2) is 10.9. The highest BCUT2D eigenvalue weighted by molar-refractivity contribution is 9.10. The molecule has 0 atom stereocenters. The molecule has 0 fully saturated rings. The molecule has 3 rings (SSSR count). The lowest BCUT2D eigenvalue weighted by atomic mass is 10.1. The van der Waals surface area contributed by atoms with Crippen molar-refractivity contribution in [3.05, 3.63) is 92.4 Å². The summed E-state index contributed by atoms with van der Waals surface area (Å²) in [6, 6.07) is 21.0. The fraction of sp³-hybridized carbons (Fsp3) is 0.130. The number of hydrazone groups is 1. The predicted molar refractivity (Wildman–Crippen MR) is 125 cm³/mol. The molecule has 0 aliphatic carbocycles. The number of carbonyl (C=O) groups excluding carboxylic acids is 1. The van der Waals surface area contributed by atoms with Gasteiger partial charge in [-0.05, 0) is 59.2 Å². The minimum Gasteiger partial charge on any atom is -0.493 e. The van der Waals surface area contributed by atoms with Crippen LogP contribution in [0.25, 0.3) is 0 Å². The van der Waals surface area contributed by atoms with Crippen LogP contribution in [-0.2, 0) is 17.8 Å². The van der Waals surface area contributed by atoms with Crippen molar-refractivity contribution in [3.8, 4) is 11.5 Å². The van der Waals surface area contributed by atoms with Crippen LogP contribution in [0.5, 0.6) is 11.5 Å². The van der Waals surface area contributed by atoms with Crippen LogP contribution in [0.3, 0.4) is 0 Å². The number of carbonyl (C=O) groups is 1. The average molecular weight is 532 g/mol. The van der Waals surface area contributed by atoms with Gasteiger partial charge in [-0.15, -0.1) is 0 Å². The minimum absolute atomic E-state index is 0.185. The number of hydrogen-bond donors (Lipinski definition) is 1. The molecule has 0 bridgehead atoms. The Morgan fingerprint density at radius 1 is 0.933 bits per heavy atom. The average Bonchev–Trinajstić information content (AvgIpc) is 2.75. The molecule has 0 saturated carbocycles. The van der Waals surface area contributed by atoms with Gasteiger partial charge in [-0.2, -0.15) is 5.10 Å². The Morgan fingerprint density at radius 2 is 1.57 bits per heavy atom. The second-order valence-corrected chi connectivity index (χ2v) is 8.25. The zero-order valence-electron chi connectivity index (χ0n) is 16.3. The van der Waals surface area contributed by atoms with E-state index in [1.54, 1.807) is 19.4 Å². The Morgan fingerprint density at radius 3 is 2.20 bits per heavy atom. The molecule has 0 aromatic heterocycles. The van der Waals surface area contributed by atoms with Gasteiger partial charge < -0.3 is 9.47 Å². The van der Waals surface area contributed by atoms with Crippen molar-refractivity contribution in [3.63, 3.8) is 0 Å². The molecule has 0 unspecified atom stereocenters. The van der Waals surface area contributed by atoms with E-state index in [1.807, 2.05) is 60.7 Å². The van der Waals surface area contributed by atoms with Crippen molar-refractivity contribution < 1.29 is 14.3 Å². The van der Waals surface area contributed by atoms with Crippen LogP contribution in [0, 0.1) is 0 Å². The molecule has 0 spiro atoms. The van der Waals surface area contributed by atoms with E-state index in [-0.39, 0.29) is 12.3 Å². The predicted octanol–water partition coefficient (Wildman–Crippen LogP) is 5.49. The lowest BCUT2D eigenvalue weighted by Crippen LogP contribution is -2.19. The van der Waals surface area contributed by atoms with Gasteiger partial charge in [0, 0.05) is 8.95 Å². The van der Waals surface area contributed by atoms with Gasteiger partial charge in [-0.3, -0.25) is 4.79 Å². The summed E-state index contributed by atoms with van der Waals surface area (Å²) >= 11 is 6.79. The van der Waals surface area contributed by atoms with E-state index in [0.29, 0.717) is 18.1 Å². The molecule has 1 N–H and O–H groups in total. The van der Waals surface area contributed by atoms with Gasteiger partial charge in [0.2, 0.25) is 5.91 Å². The molecule has 0 aliphatic heterocycles. The zero-order chi connectivity index (χ0) is 21.3. The largest absolute Gasteiger partial charge is 0.493 e. The van der Waals surface area contributed by atoms with E-state index in [2.05, 4.69) is 42.4 Å². The summed E-state index contributed by atoms with van der Waals surface area (Å²) in [6.07, 6.45) is 1.83. The zero-order valence-corrected chi connectivity index (χ0v) is 19.4. The maximum Gasteiger partial charge on any atom is 0.244 e. The van der Waals surface area contributed by atoms with Crippen LogP contribution < -0.4 is 14.9 Å². The summed E-state index contributed by atoms with van der Waals surface area (Å²) < 4.78 is 13.3. The number of methoxy groups -OCH3 is 1. The van der Waals surface area contributed by atoms with Crippen LogP contribution in [0.4, 0.5) is 0 Å². The van der Waals surface area contributed by atoms with Gasteiger partial charge in [-0.1, -0.05) is 56.1 Å². The molecule has 154 valence electrons. The number of nitrogens with zero attached hydrogens (tertiary/aromatic N) is 1. The van der Waals surface area contributed by atoms with E-state index in [1.165, 1.54) is 0 Å². The minimum atomic E-state index is -0.185. The molecule has 0 aliphatic rings. The fourth-order valence-electron chi connectivity index (χ4n) is 2.63. The van der Waals surface area contributed by atoms with Crippen molar-refractivity contribution >= 4 is 44.0 Å². The Bertz CT molecular complexity index is 1020. The van der Waals surface area contributed by atoms with Gasteiger partial charge in [-0.25, -0.2) is 5.43 Å². The van der Waals surface area contributed by atoms with Crippen LogP contribution in [-0.4, -0.2) is 19.2 Å². The third-order valence-corrected chi connectivity index (χ3v) is 5.23. The van der Waals surface area contributed by atoms with Crippen LogP contribution in [0.1, 0.15) is 16.7 Å². The molecule has 5 nitrogen and oxygen atoms in total. The summed E-state index contributed by atoms with van der Waals surface area (Å²) in [5, 5.41) is 4.03. The maximum absolute atomic E-state index is 12.0. The van der Waals surface area contributed by atoms with Gasteiger partial charge in [0.25, 0.3) is 0 Å². The molecular weight excluding hydrogens is 512 g/mol. The fourth-order valence-corrected chi connectivity index (χ4v) is 3.16. The molecule has 0 heterocycles. The third-order valence-electron chi connectivity index (χ3n) is 4.18. The lowest BCUT2D eigenvalue weighted by Gasteiger charge is -2.11. The molecule has 7 heteroatoms. The number of hydrogen-bond acceptors (Lipinski definition) is 4. The van der Waals surface area contributed by atoms with Gasteiger partial charge >= 0.3 is 0 Å². The molecule has 30 heavy (non-hydrogen) atoms. The third kappa shape index (κ3) is 6.71. The van der Waals surface area contributed by atoms with Crippen molar-refractivity contribution in [2.24, 2.45) is 5.10 Å². The Balaban J connectivity index is 1.56. The molecule has 1 amide bonds. The topological polar surface area (TPSA) is 59.9 Å². The first-order chi connectivity index (χ1) is 14.5. The molecule has 0 radical (unpaired) electrons. The number of halogens is 2. The number of rotatable bonds is 8. The number of nitrogens with one attached hydrogen (secondary N) is 1. The summed E-state index contributed by atoms with van der Waals surface area (Å²) in [5.74, 6) is 1.05. The van der Waals surface area contributed by atoms with E-state index >= 15 is 0 Å². The quantitative estimate of drug-likeness (QED) is 0.309. The lowest BCUT2D eigenvalue weighted by molar-refractivity contribution is -0.120. The Kier molecular flexibility index (Phi) is 8.04. The SMILES string of the molecule is COc1cc(/C=N\NC(=O)Cc2ccc(Br)cc2)ccc1OCc1ccc(Br)cc1. The number of benzene rings is 3. The smallest absolute Gasteiger partial charge is 0.244 e. The summed E-state index contributed by atoms with van der Waals surface area (Å²) in [5.41, 5.74) is 5.30.